The first-order valence-corrected chi connectivity index (χ1v) is 5.62. The van der Waals surface area contributed by atoms with Crippen LogP contribution in [0.15, 0.2) is 22.7 Å². The van der Waals surface area contributed by atoms with Crippen molar-refractivity contribution in [2.75, 3.05) is 13.7 Å². The molecule has 0 aliphatic rings. The molecule has 0 heterocycles. The molecule has 0 saturated heterocycles. The first-order chi connectivity index (χ1) is 7.83. The van der Waals surface area contributed by atoms with Gasteiger partial charge in [-0.25, -0.2) is 8.78 Å². The lowest BCUT2D eigenvalue weighted by Gasteiger charge is -2.13. The van der Waals surface area contributed by atoms with Crippen LogP contribution in [-0.4, -0.2) is 25.5 Å². The van der Waals surface area contributed by atoms with Crippen molar-refractivity contribution in [2.45, 2.75) is 12.8 Å². The van der Waals surface area contributed by atoms with Gasteiger partial charge in [0, 0.05) is 11.4 Å². The molecule has 0 aromatic heterocycles. The van der Waals surface area contributed by atoms with Crippen LogP contribution in [0.2, 0.25) is 0 Å². The minimum absolute atomic E-state index is 0.222. The number of hydrogen-bond donors (Lipinski definition) is 1. The van der Waals surface area contributed by atoms with Gasteiger partial charge >= 0.3 is 0 Å². The van der Waals surface area contributed by atoms with Crippen LogP contribution >= 0.6 is 15.9 Å². The second kappa shape index (κ2) is 5.44. The van der Waals surface area contributed by atoms with Gasteiger partial charge in [-0.2, -0.15) is 0 Å². The summed E-state index contributed by atoms with van der Waals surface area (Å²) in [5.41, 5.74) is 0.222. The summed E-state index contributed by atoms with van der Waals surface area (Å²) in [5.74, 6) is -3.19. The summed E-state index contributed by atoms with van der Waals surface area (Å²) in [6.45, 7) is 0.0388. The topological polar surface area (TPSA) is 38.3 Å². The second-order valence-corrected chi connectivity index (χ2v) is 4.51. The predicted octanol–water partition coefficient (Wildman–Crippen LogP) is 2.84. The molecule has 17 heavy (non-hydrogen) atoms. The molecule has 0 radical (unpaired) electrons. The van der Waals surface area contributed by atoms with E-state index in [1.54, 1.807) is 12.1 Å². The molecule has 0 aliphatic heterocycles. The zero-order valence-corrected chi connectivity index (χ0v) is 11.0. The standard InChI is InChI=1S/C11H12BrF2NO2/c1-11(13,14)6-15-10(16)8-4-3-7(12)5-9(8)17-2/h3-5H,6H2,1-2H3,(H,15,16). The third-order valence-corrected chi connectivity index (χ3v) is 2.46. The lowest BCUT2D eigenvalue weighted by Crippen LogP contribution is -2.34. The molecular formula is C11H12BrF2NO2. The molecule has 94 valence electrons. The lowest BCUT2D eigenvalue weighted by molar-refractivity contribution is 0.0220. The van der Waals surface area contributed by atoms with E-state index >= 15 is 0 Å². The number of carbonyl (C=O) groups is 1. The van der Waals surface area contributed by atoms with E-state index in [9.17, 15) is 13.6 Å². The number of nitrogens with one attached hydrogen (secondary N) is 1. The fraction of sp³-hybridized carbons (Fsp3) is 0.364. The summed E-state index contributed by atoms with van der Waals surface area (Å²) < 4.78 is 30.9. The van der Waals surface area contributed by atoms with E-state index in [0.29, 0.717) is 5.75 Å². The highest BCUT2D eigenvalue weighted by molar-refractivity contribution is 9.10. The van der Waals surface area contributed by atoms with E-state index in [0.717, 1.165) is 11.4 Å². The third-order valence-electron chi connectivity index (χ3n) is 1.97. The van der Waals surface area contributed by atoms with Crippen molar-refractivity contribution in [3.63, 3.8) is 0 Å². The average molecular weight is 308 g/mol. The molecule has 0 unspecified atom stereocenters. The summed E-state index contributed by atoms with van der Waals surface area (Å²) in [7, 11) is 1.41. The highest BCUT2D eigenvalue weighted by atomic mass is 79.9. The van der Waals surface area contributed by atoms with Gasteiger partial charge in [0.2, 0.25) is 0 Å². The Morgan fingerprint density at radius 3 is 2.71 bits per heavy atom. The third kappa shape index (κ3) is 4.30. The fourth-order valence-corrected chi connectivity index (χ4v) is 1.52. The summed E-state index contributed by atoms with van der Waals surface area (Å²) in [5, 5.41) is 2.15. The first-order valence-electron chi connectivity index (χ1n) is 4.83. The number of rotatable bonds is 4. The van der Waals surface area contributed by atoms with Crippen molar-refractivity contribution < 1.29 is 18.3 Å². The van der Waals surface area contributed by atoms with Crippen molar-refractivity contribution in [1.82, 2.24) is 5.32 Å². The zero-order chi connectivity index (χ0) is 13.1. The Labute approximate surface area is 106 Å². The molecule has 6 heteroatoms. The first kappa shape index (κ1) is 13.9. The van der Waals surface area contributed by atoms with Crippen LogP contribution in [0.4, 0.5) is 8.78 Å². The summed E-state index contributed by atoms with van der Waals surface area (Å²) >= 11 is 3.23. The van der Waals surface area contributed by atoms with Crippen LogP contribution in [0.3, 0.4) is 0 Å². The van der Waals surface area contributed by atoms with E-state index < -0.39 is 18.4 Å². The van der Waals surface area contributed by atoms with Crippen LogP contribution in [0, 0.1) is 0 Å². The summed E-state index contributed by atoms with van der Waals surface area (Å²) in [6.07, 6.45) is 0. The number of hydrogen-bond acceptors (Lipinski definition) is 2. The van der Waals surface area contributed by atoms with E-state index in [-0.39, 0.29) is 5.56 Å². The van der Waals surface area contributed by atoms with Gasteiger partial charge in [-0.1, -0.05) is 15.9 Å². The molecule has 0 saturated carbocycles. The van der Waals surface area contributed by atoms with Gasteiger partial charge in [0.25, 0.3) is 11.8 Å². The van der Waals surface area contributed by atoms with E-state index in [4.69, 9.17) is 4.74 Å². The summed E-state index contributed by atoms with van der Waals surface area (Å²) in [4.78, 5) is 11.6. The van der Waals surface area contributed by atoms with Crippen molar-refractivity contribution in [3.05, 3.63) is 28.2 Å². The fourth-order valence-electron chi connectivity index (χ4n) is 1.18. The number of ether oxygens (including phenoxy) is 1. The molecule has 1 rings (SSSR count). The van der Waals surface area contributed by atoms with Crippen LogP contribution < -0.4 is 10.1 Å². The van der Waals surface area contributed by atoms with Crippen molar-refractivity contribution in [2.24, 2.45) is 0 Å². The van der Waals surface area contributed by atoms with Gasteiger partial charge in [0.05, 0.1) is 19.2 Å². The van der Waals surface area contributed by atoms with Crippen LogP contribution in [-0.2, 0) is 0 Å². The number of alkyl halides is 2. The maximum Gasteiger partial charge on any atom is 0.262 e. The Balaban J connectivity index is 2.82. The number of halogens is 3. The van der Waals surface area contributed by atoms with Crippen LogP contribution in [0.25, 0.3) is 0 Å². The smallest absolute Gasteiger partial charge is 0.262 e. The monoisotopic (exact) mass is 307 g/mol. The van der Waals surface area contributed by atoms with Gasteiger partial charge in [-0.15, -0.1) is 0 Å². The molecule has 1 N–H and O–H groups in total. The van der Waals surface area contributed by atoms with Crippen LogP contribution in [0.1, 0.15) is 17.3 Å². The number of carbonyl (C=O) groups excluding carboxylic acids is 1. The molecule has 0 fully saturated rings. The maximum atomic E-state index is 12.6. The van der Waals surface area contributed by atoms with E-state index in [2.05, 4.69) is 21.2 Å². The Bertz CT molecular complexity index is 418. The van der Waals surface area contributed by atoms with Gasteiger partial charge in [0.1, 0.15) is 5.75 Å². The largest absolute Gasteiger partial charge is 0.496 e. The summed E-state index contributed by atoms with van der Waals surface area (Å²) in [6, 6.07) is 4.74. The number of methoxy groups -OCH3 is 1. The van der Waals surface area contributed by atoms with E-state index in [1.165, 1.54) is 13.2 Å². The molecule has 1 aromatic carbocycles. The SMILES string of the molecule is COc1cc(Br)ccc1C(=O)NCC(C)(F)F. The molecule has 3 nitrogen and oxygen atoms in total. The Morgan fingerprint density at radius 1 is 1.53 bits per heavy atom. The quantitative estimate of drug-likeness (QED) is 0.929. The normalized spacial score (nSPS) is 11.1. The molecular weight excluding hydrogens is 296 g/mol. The van der Waals surface area contributed by atoms with E-state index in [1.807, 2.05) is 0 Å². The Kier molecular flexibility index (Phi) is 4.45. The highest BCUT2D eigenvalue weighted by Crippen LogP contribution is 2.23. The van der Waals surface area contributed by atoms with Crippen molar-refractivity contribution >= 4 is 21.8 Å². The predicted molar refractivity (Wildman–Crippen MR) is 63.6 cm³/mol. The van der Waals surface area contributed by atoms with Gasteiger partial charge in [0.15, 0.2) is 0 Å². The van der Waals surface area contributed by atoms with Gasteiger partial charge in [-0.3, -0.25) is 4.79 Å². The number of amides is 1. The Morgan fingerprint density at radius 2 is 2.18 bits per heavy atom. The Hall–Kier alpha value is -1.17. The minimum Gasteiger partial charge on any atom is -0.496 e. The zero-order valence-electron chi connectivity index (χ0n) is 9.39. The lowest BCUT2D eigenvalue weighted by atomic mass is 10.2. The maximum absolute atomic E-state index is 12.6. The minimum atomic E-state index is -2.93. The molecule has 0 aliphatic carbocycles. The molecule has 0 spiro atoms. The average Bonchev–Trinajstić information content (AvgIpc) is 2.24. The molecule has 0 atom stereocenters. The second-order valence-electron chi connectivity index (χ2n) is 3.60. The van der Waals surface area contributed by atoms with Crippen LogP contribution in [0.5, 0.6) is 5.75 Å². The van der Waals surface area contributed by atoms with Crippen molar-refractivity contribution in [1.29, 1.82) is 0 Å². The number of benzene rings is 1. The van der Waals surface area contributed by atoms with Gasteiger partial charge in [-0.05, 0) is 18.2 Å². The van der Waals surface area contributed by atoms with Crippen molar-refractivity contribution in [3.8, 4) is 5.75 Å². The van der Waals surface area contributed by atoms with Gasteiger partial charge < -0.3 is 10.1 Å². The molecule has 1 aromatic rings. The highest BCUT2D eigenvalue weighted by Gasteiger charge is 2.23. The molecule has 0 bridgehead atoms. The molecule has 1 amide bonds.